The molecule has 0 N–H and O–H groups in total. The normalized spacial score (nSPS) is 22.1. The molecule has 4 aromatic carbocycles. The number of Topliss-reactive ketones (excluding diaryl/α,β-unsaturated/α-hetero) is 3. The van der Waals surface area contributed by atoms with Gasteiger partial charge < -0.3 is 4.90 Å². The predicted molar refractivity (Wildman–Crippen MR) is 156 cm³/mol. The fourth-order valence-corrected chi connectivity index (χ4v) is 7.21. The molecular formula is C33H21BrClNO3. The van der Waals surface area contributed by atoms with E-state index < -0.39 is 23.4 Å². The molecule has 2 heterocycles. The quantitative estimate of drug-likeness (QED) is 0.183. The molecule has 6 heteroatoms. The second kappa shape index (κ2) is 8.87. The zero-order chi connectivity index (χ0) is 26.9. The van der Waals surface area contributed by atoms with Gasteiger partial charge in [-0.1, -0.05) is 106 Å². The molecule has 0 aromatic heterocycles. The summed E-state index contributed by atoms with van der Waals surface area (Å²) < 4.78 is 0.870. The Morgan fingerprint density at radius 2 is 1.46 bits per heavy atom. The van der Waals surface area contributed by atoms with Crippen molar-refractivity contribution < 1.29 is 14.4 Å². The Balaban J connectivity index is 1.55. The number of ketones is 3. The molecule has 1 saturated heterocycles. The second-order valence-electron chi connectivity index (χ2n) is 10.2. The van der Waals surface area contributed by atoms with Gasteiger partial charge in [0.2, 0.25) is 0 Å². The van der Waals surface area contributed by atoms with E-state index in [1.165, 1.54) is 0 Å². The van der Waals surface area contributed by atoms with Crippen LogP contribution >= 0.6 is 27.5 Å². The van der Waals surface area contributed by atoms with Crippen LogP contribution in [-0.2, 0) is 0 Å². The van der Waals surface area contributed by atoms with Crippen LogP contribution in [-0.4, -0.2) is 29.4 Å². The van der Waals surface area contributed by atoms with Crippen LogP contribution in [0.3, 0.4) is 0 Å². The van der Waals surface area contributed by atoms with Crippen LogP contribution in [0, 0.1) is 5.41 Å². The Morgan fingerprint density at radius 3 is 2.13 bits per heavy atom. The first-order valence-electron chi connectivity index (χ1n) is 12.7. The van der Waals surface area contributed by atoms with E-state index >= 15 is 0 Å². The van der Waals surface area contributed by atoms with Crippen LogP contribution in [0.2, 0.25) is 5.02 Å². The number of carbonyl (C=O) groups excluding carboxylic acids is 3. The summed E-state index contributed by atoms with van der Waals surface area (Å²) in [7, 11) is 0. The number of anilines is 1. The van der Waals surface area contributed by atoms with Gasteiger partial charge in [0.15, 0.2) is 17.3 Å². The van der Waals surface area contributed by atoms with Crippen LogP contribution in [0.4, 0.5) is 5.69 Å². The number of hydrogen-bond donors (Lipinski definition) is 0. The van der Waals surface area contributed by atoms with Crippen molar-refractivity contribution in [1.82, 2.24) is 0 Å². The number of benzene rings is 4. The number of fused-ring (bicyclic) bond motifs is 5. The molecule has 4 aromatic rings. The molecule has 39 heavy (non-hydrogen) atoms. The summed E-state index contributed by atoms with van der Waals surface area (Å²) in [6.45, 7) is 0. The van der Waals surface area contributed by atoms with Crippen molar-refractivity contribution in [3.63, 3.8) is 0 Å². The fraction of sp³-hybridized carbons (Fsp3) is 0.121. The fourth-order valence-electron chi connectivity index (χ4n) is 6.76. The molecule has 0 bridgehead atoms. The van der Waals surface area contributed by atoms with Crippen molar-refractivity contribution in [2.24, 2.45) is 5.41 Å². The van der Waals surface area contributed by atoms with Crippen LogP contribution < -0.4 is 4.90 Å². The van der Waals surface area contributed by atoms with E-state index in [-0.39, 0.29) is 17.3 Å². The van der Waals surface area contributed by atoms with Crippen LogP contribution in [0.15, 0.2) is 108 Å². The van der Waals surface area contributed by atoms with Crippen molar-refractivity contribution in [1.29, 1.82) is 0 Å². The number of hydrogen-bond acceptors (Lipinski definition) is 4. The molecule has 1 spiro atoms. The van der Waals surface area contributed by atoms with Crippen molar-refractivity contribution in [2.45, 2.75) is 18.0 Å². The van der Waals surface area contributed by atoms with E-state index in [0.29, 0.717) is 21.7 Å². The number of nitrogens with zero attached hydrogens (tertiary/aromatic N) is 1. The van der Waals surface area contributed by atoms with Gasteiger partial charge in [-0.15, -0.1) is 0 Å². The second-order valence-corrected chi connectivity index (χ2v) is 11.5. The lowest BCUT2D eigenvalue weighted by molar-refractivity contribution is 0.0666. The highest BCUT2D eigenvalue weighted by atomic mass is 79.9. The highest BCUT2D eigenvalue weighted by Gasteiger charge is 2.71. The average Bonchev–Trinajstić information content (AvgIpc) is 3.39. The maximum absolute atomic E-state index is 14.6. The number of rotatable bonds is 3. The Hall–Kier alpha value is -3.80. The highest BCUT2D eigenvalue weighted by Crippen LogP contribution is 2.61. The molecule has 190 valence electrons. The maximum atomic E-state index is 14.6. The molecule has 3 aliphatic rings. The smallest absolute Gasteiger partial charge is 0.185 e. The van der Waals surface area contributed by atoms with E-state index in [9.17, 15) is 14.4 Å². The molecule has 0 unspecified atom stereocenters. The van der Waals surface area contributed by atoms with Crippen molar-refractivity contribution in [2.75, 3.05) is 4.90 Å². The largest absolute Gasteiger partial charge is 0.352 e. The lowest BCUT2D eigenvalue weighted by Gasteiger charge is -2.37. The minimum absolute atomic E-state index is 0.141. The van der Waals surface area contributed by atoms with Crippen LogP contribution in [0.5, 0.6) is 0 Å². The van der Waals surface area contributed by atoms with Crippen molar-refractivity contribution in [3.05, 3.63) is 140 Å². The lowest BCUT2D eigenvalue weighted by atomic mass is 9.64. The van der Waals surface area contributed by atoms with E-state index in [4.69, 9.17) is 11.6 Å². The van der Waals surface area contributed by atoms with Gasteiger partial charge in [0.25, 0.3) is 0 Å². The maximum Gasteiger partial charge on any atom is 0.185 e. The monoisotopic (exact) mass is 593 g/mol. The van der Waals surface area contributed by atoms with Gasteiger partial charge in [0.1, 0.15) is 11.5 Å². The van der Waals surface area contributed by atoms with Crippen LogP contribution in [0.1, 0.15) is 48.1 Å². The summed E-state index contributed by atoms with van der Waals surface area (Å²) in [5, 5.41) is 0.571. The summed E-state index contributed by atoms with van der Waals surface area (Å²) in [5.41, 5.74) is 2.21. The number of carbonyl (C=O) groups is 3. The molecule has 3 atom stereocenters. The lowest BCUT2D eigenvalue weighted by Crippen LogP contribution is -2.48. The minimum atomic E-state index is -1.51. The van der Waals surface area contributed by atoms with Gasteiger partial charge in [0, 0.05) is 37.8 Å². The van der Waals surface area contributed by atoms with E-state index in [1.54, 1.807) is 42.5 Å². The van der Waals surface area contributed by atoms with Gasteiger partial charge >= 0.3 is 0 Å². The first-order chi connectivity index (χ1) is 18.9. The summed E-state index contributed by atoms with van der Waals surface area (Å²) in [6.07, 6.45) is 3.83. The van der Waals surface area contributed by atoms with E-state index in [0.717, 1.165) is 21.3 Å². The topological polar surface area (TPSA) is 54.5 Å². The Morgan fingerprint density at radius 1 is 0.821 bits per heavy atom. The Kier molecular flexibility index (Phi) is 5.51. The molecule has 0 amide bonds. The molecular weight excluding hydrogens is 574 g/mol. The molecule has 2 aliphatic heterocycles. The van der Waals surface area contributed by atoms with Crippen molar-refractivity contribution >= 4 is 56.6 Å². The van der Waals surface area contributed by atoms with Crippen LogP contribution in [0.25, 0.3) is 6.08 Å². The zero-order valence-electron chi connectivity index (χ0n) is 20.6. The molecule has 7 rings (SSSR count). The number of halogens is 2. The minimum Gasteiger partial charge on any atom is -0.352 e. The van der Waals surface area contributed by atoms with Crippen molar-refractivity contribution in [3.8, 4) is 0 Å². The third kappa shape index (κ3) is 3.33. The molecule has 4 nitrogen and oxygen atoms in total. The third-order valence-corrected chi connectivity index (χ3v) is 9.09. The van der Waals surface area contributed by atoms with Gasteiger partial charge in [-0.25, -0.2) is 0 Å². The summed E-state index contributed by atoms with van der Waals surface area (Å²) in [5.74, 6) is -1.35. The zero-order valence-corrected chi connectivity index (χ0v) is 22.9. The van der Waals surface area contributed by atoms with Gasteiger partial charge in [-0.3, -0.25) is 14.4 Å². The highest BCUT2D eigenvalue weighted by molar-refractivity contribution is 9.10. The van der Waals surface area contributed by atoms with Gasteiger partial charge in [0.05, 0.1) is 6.04 Å². The van der Waals surface area contributed by atoms with Gasteiger partial charge in [-0.05, 0) is 41.5 Å². The first kappa shape index (κ1) is 24.3. The summed E-state index contributed by atoms with van der Waals surface area (Å²) in [4.78, 5) is 45.7. The SMILES string of the molecule is O=C(c1ccccc1)[C@H]1[C@H](c2ccc(Br)cc2)C2(C(=O)c3ccccc3C2=O)[C@H]2C=Cc3cc(Cl)ccc3N12. The molecule has 1 fully saturated rings. The molecule has 0 saturated carbocycles. The van der Waals surface area contributed by atoms with E-state index in [1.807, 2.05) is 71.6 Å². The average molecular weight is 595 g/mol. The Labute approximate surface area is 239 Å². The van der Waals surface area contributed by atoms with Gasteiger partial charge in [-0.2, -0.15) is 0 Å². The first-order valence-corrected chi connectivity index (χ1v) is 13.9. The predicted octanol–water partition coefficient (Wildman–Crippen LogP) is 7.42. The third-order valence-electron chi connectivity index (χ3n) is 8.32. The summed E-state index contributed by atoms with van der Waals surface area (Å²) in [6, 6.07) is 27.8. The molecule has 1 aliphatic carbocycles. The Bertz CT molecular complexity index is 1680. The standard InChI is InChI=1S/C33H21BrClNO3/c34-22-13-10-19(11-14-22)28-29(30(37)20-6-2-1-3-7-20)36-26-16-15-23(35)18-21(26)12-17-27(36)33(28)31(38)24-8-4-5-9-25(24)32(33)39/h1-18,27-29H/t27-,28+,29-/m1/s1. The summed E-state index contributed by atoms with van der Waals surface area (Å²) >= 11 is 9.86. The van der Waals surface area contributed by atoms with E-state index in [2.05, 4.69) is 15.9 Å². The molecule has 0 radical (unpaired) electrons.